The Morgan fingerprint density at radius 1 is 0.931 bits per heavy atom. The normalized spacial score (nSPS) is 10.3. The van der Waals surface area contributed by atoms with E-state index in [4.69, 9.17) is 14.2 Å². The van der Waals surface area contributed by atoms with E-state index >= 15 is 0 Å². The summed E-state index contributed by atoms with van der Waals surface area (Å²) in [6, 6.07) is 15.1. The summed E-state index contributed by atoms with van der Waals surface area (Å²) in [6.45, 7) is 4.94. The molecule has 7 heteroatoms. The van der Waals surface area contributed by atoms with E-state index in [1.165, 1.54) is 4.90 Å². The van der Waals surface area contributed by atoms with Gasteiger partial charge in [0.15, 0.2) is 6.61 Å². The molecule has 0 spiro atoms. The minimum Gasteiger partial charge on any atom is -0.491 e. The number of hydrogen-bond acceptors (Lipinski definition) is 6. The molecular formula is C22H25NO6. The second kappa shape index (κ2) is 10.8. The predicted octanol–water partition coefficient (Wildman–Crippen LogP) is 3.23. The van der Waals surface area contributed by atoms with Crippen molar-refractivity contribution in [3.63, 3.8) is 0 Å². The van der Waals surface area contributed by atoms with Crippen LogP contribution in [0.2, 0.25) is 0 Å². The zero-order valence-electron chi connectivity index (χ0n) is 16.8. The molecule has 1 amide bonds. The first-order chi connectivity index (χ1) is 13.9. The van der Waals surface area contributed by atoms with Crippen LogP contribution >= 0.6 is 0 Å². The van der Waals surface area contributed by atoms with Crippen LogP contribution in [0, 0.1) is 0 Å². The quantitative estimate of drug-likeness (QED) is 0.602. The average Bonchev–Trinajstić information content (AvgIpc) is 2.71. The first-order valence-corrected chi connectivity index (χ1v) is 9.35. The number of carbonyl (C=O) groups excluding carboxylic acids is 3. The maximum Gasteiger partial charge on any atom is 0.338 e. The molecule has 0 aliphatic rings. The van der Waals surface area contributed by atoms with Gasteiger partial charge in [-0.05, 0) is 57.2 Å². The third-order valence-electron chi connectivity index (χ3n) is 3.75. The van der Waals surface area contributed by atoms with Crippen molar-refractivity contribution in [1.29, 1.82) is 0 Å². The van der Waals surface area contributed by atoms with Gasteiger partial charge in [0.05, 0.1) is 18.3 Å². The number of para-hydroxylation sites is 1. The maximum absolute atomic E-state index is 12.6. The zero-order chi connectivity index (χ0) is 21.2. The topological polar surface area (TPSA) is 82.1 Å². The molecule has 0 atom stereocenters. The van der Waals surface area contributed by atoms with Crippen LogP contribution in [-0.4, -0.2) is 43.7 Å². The highest BCUT2D eigenvalue weighted by atomic mass is 16.5. The molecule has 29 heavy (non-hydrogen) atoms. The summed E-state index contributed by atoms with van der Waals surface area (Å²) < 4.78 is 15.6. The van der Waals surface area contributed by atoms with E-state index in [2.05, 4.69) is 0 Å². The van der Waals surface area contributed by atoms with Gasteiger partial charge in [0, 0.05) is 5.69 Å². The number of carbonyl (C=O) groups is 3. The van der Waals surface area contributed by atoms with Gasteiger partial charge in [-0.25, -0.2) is 4.79 Å². The van der Waals surface area contributed by atoms with E-state index < -0.39 is 24.5 Å². The molecule has 0 N–H and O–H groups in total. The molecule has 0 fully saturated rings. The fourth-order valence-electron chi connectivity index (χ4n) is 2.50. The van der Waals surface area contributed by atoms with E-state index in [1.54, 1.807) is 61.5 Å². The van der Waals surface area contributed by atoms with Crippen LogP contribution in [0.1, 0.15) is 31.1 Å². The third kappa shape index (κ3) is 6.95. The minimum atomic E-state index is -0.640. The number of esters is 2. The van der Waals surface area contributed by atoms with Crippen LogP contribution in [0.25, 0.3) is 0 Å². The highest BCUT2D eigenvalue weighted by molar-refractivity contribution is 6.00. The summed E-state index contributed by atoms with van der Waals surface area (Å²) in [5.41, 5.74) is 0.808. The Bertz CT molecular complexity index is 817. The Balaban J connectivity index is 2.01. The van der Waals surface area contributed by atoms with E-state index in [1.807, 2.05) is 13.8 Å². The first-order valence-electron chi connectivity index (χ1n) is 9.35. The van der Waals surface area contributed by atoms with Gasteiger partial charge in [-0.2, -0.15) is 0 Å². The fourth-order valence-corrected chi connectivity index (χ4v) is 2.50. The van der Waals surface area contributed by atoms with Crippen molar-refractivity contribution in [3.05, 3.63) is 60.2 Å². The second-order valence-corrected chi connectivity index (χ2v) is 6.39. The number of nitrogens with zero attached hydrogens (tertiary/aromatic N) is 1. The molecule has 2 aromatic carbocycles. The molecule has 0 bridgehead atoms. The lowest BCUT2D eigenvalue weighted by Gasteiger charge is -2.21. The lowest BCUT2D eigenvalue weighted by Crippen LogP contribution is -2.39. The van der Waals surface area contributed by atoms with E-state index in [9.17, 15) is 14.4 Å². The van der Waals surface area contributed by atoms with Crippen LogP contribution in [0.15, 0.2) is 54.6 Å². The van der Waals surface area contributed by atoms with Crippen LogP contribution in [0.5, 0.6) is 5.75 Å². The molecule has 0 aromatic heterocycles. The van der Waals surface area contributed by atoms with Gasteiger partial charge < -0.3 is 14.2 Å². The molecule has 7 nitrogen and oxygen atoms in total. The molecule has 0 radical (unpaired) electrons. The Morgan fingerprint density at radius 3 is 2.17 bits per heavy atom. The highest BCUT2D eigenvalue weighted by Gasteiger charge is 2.21. The summed E-state index contributed by atoms with van der Waals surface area (Å²) in [7, 11) is 0. The molecular weight excluding hydrogens is 374 g/mol. The van der Waals surface area contributed by atoms with Gasteiger partial charge in [0.25, 0.3) is 5.91 Å². The van der Waals surface area contributed by atoms with Crippen molar-refractivity contribution in [1.82, 2.24) is 0 Å². The smallest absolute Gasteiger partial charge is 0.338 e. The Kier molecular flexibility index (Phi) is 8.21. The molecule has 154 valence electrons. The number of ether oxygens (including phenoxy) is 3. The summed E-state index contributed by atoms with van der Waals surface area (Å²) in [6.07, 6.45) is 0.0220. The molecule has 0 unspecified atom stereocenters. The standard InChI is InChI=1S/C22H25NO6/c1-4-27-21(25)14-23(18-8-6-5-7-9-18)20(24)15-28-22(26)17-10-12-19(13-11-17)29-16(2)3/h5-13,16H,4,14-15H2,1-3H3. The van der Waals surface area contributed by atoms with Gasteiger partial charge in [-0.15, -0.1) is 0 Å². The van der Waals surface area contributed by atoms with Crippen molar-refractivity contribution in [3.8, 4) is 5.75 Å². The van der Waals surface area contributed by atoms with Crippen molar-refractivity contribution < 1.29 is 28.6 Å². The molecule has 0 saturated heterocycles. The number of rotatable bonds is 9. The lowest BCUT2D eigenvalue weighted by atomic mass is 10.2. The lowest BCUT2D eigenvalue weighted by molar-refractivity contribution is -0.142. The average molecular weight is 399 g/mol. The minimum absolute atomic E-state index is 0.0220. The molecule has 0 aliphatic carbocycles. The molecule has 0 heterocycles. The van der Waals surface area contributed by atoms with Gasteiger partial charge in [-0.3, -0.25) is 14.5 Å². The van der Waals surface area contributed by atoms with Crippen molar-refractivity contribution in [2.24, 2.45) is 0 Å². The molecule has 2 aromatic rings. The van der Waals surface area contributed by atoms with E-state index in [-0.39, 0.29) is 19.3 Å². The van der Waals surface area contributed by atoms with E-state index in [0.717, 1.165) is 0 Å². The van der Waals surface area contributed by atoms with Gasteiger partial charge >= 0.3 is 11.9 Å². The van der Waals surface area contributed by atoms with Crippen LogP contribution < -0.4 is 9.64 Å². The van der Waals surface area contributed by atoms with Gasteiger partial charge in [0.2, 0.25) is 0 Å². The number of anilines is 1. The van der Waals surface area contributed by atoms with Crippen LogP contribution in [0.4, 0.5) is 5.69 Å². The van der Waals surface area contributed by atoms with Gasteiger partial charge in [0.1, 0.15) is 12.3 Å². The summed E-state index contributed by atoms with van der Waals surface area (Å²) >= 11 is 0. The second-order valence-electron chi connectivity index (χ2n) is 6.39. The Hall–Kier alpha value is -3.35. The van der Waals surface area contributed by atoms with Gasteiger partial charge in [-0.1, -0.05) is 18.2 Å². The summed E-state index contributed by atoms with van der Waals surface area (Å²) in [5.74, 6) is -1.08. The first kappa shape index (κ1) is 21.9. The predicted molar refractivity (Wildman–Crippen MR) is 108 cm³/mol. The van der Waals surface area contributed by atoms with Crippen molar-refractivity contribution in [2.45, 2.75) is 26.9 Å². The number of benzene rings is 2. The van der Waals surface area contributed by atoms with Crippen molar-refractivity contribution >= 4 is 23.5 Å². The Labute approximate surface area is 170 Å². The fraction of sp³-hybridized carbons (Fsp3) is 0.318. The molecule has 0 aliphatic heterocycles. The van der Waals surface area contributed by atoms with Crippen LogP contribution in [-0.2, 0) is 19.1 Å². The van der Waals surface area contributed by atoms with Crippen LogP contribution in [0.3, 0.4) is 0 Å². The SMILES string of the molecule is CCOC(=O)CN(C(=O)COC(=O)c1ccc(OC(C)C)cc1)c1ccccc1. The number of hydrogen-bond donors (Lipinski definition) is 0. The largest absolute Gasteiger partial charge is 0.491 e. The molecule has 0 saturated carbocycles. The summed E-state index contributed by atoms with van der Waals surface area (Å²) in [4.78, 5) is 37.9. The zero-order valence-corrected chi connectivity index (χ0v) is 16.8. The highest BCUT2D eigenvalue weighted by Crippen LogP contribution is 2.16. The van der Waals surface area contributed by atoms with Crippen molar-refractivity contribution in [2.75, 3.05) is 24.7 Å². The number of amides is 1. The molecule has 2 rings (SSSR count). The monoisotopic (exact) mass is 399 g/mol. The third-order valence-corrected chi connectivity index (χ3v) is 3.75. The van der Waals surface area contributed by atoms with E-state index in [0.29, 0.717) is 17.0 Å². The Morgan fingerprint density at radius 2 is 1.59 bits per heavy atom. The summed E-state index contributed by atoms with van der Waals surface area (Å²) in [5, 5.41) is 0. The maximum atomic E-state index is 12.6.